The highest BCUT2D eigenvalue weighted by Crippen LogP contribution is 2.29. The van der Waals surface area contributed by atoms with Gasteiger partial charge in [0, 0.05) is 0 Å². The number of benzene rings is 1. The van der Waals surface area contributed by atoms with E-state index in [1.807, 2.05) is 6.07 Å². The van der Waals surface area contributed by atoms with Crippen LogP contribution in [0.3, 0.4) is 0 Å². The van der Waals surface area contributed by atoms with E-state index in [0.717, 1.165) is 0 Å². The Balaban J connectivity index is 2.92. The van der Waals surface area contributed by atoms with Gasteiger partial charge in [-0.1, -0.05) is 18.2 Å². The highest BCUT2D eigenvalue weighted by atomic mass is 32.2. The maximum Gasteiger partial charge on any atom is 0.190 e. The van der Waals surface area contributed by atoms with Crippen LogP contribution in [0.15, 0.2) is 35.2 Å². The lowest BCUT2D eigenvalue weighted by Crippen LogP contribution is -2.32. The first-order valence-electron chi connectivity index (χ1n) is 5.38. The summed E-state index contributed by atoms with van der Waals surface area (Å²) in [6.45, 7) is 10.9. The number of hydrogen-bond donors (Lipinski definition) is 0. The van der Waals surface area contributed by atoms with Gasteiger partial charge in [-0.05, 0) is 46.8 Å². The lowest BCUT2D eigenvalue weighted by atomic mass is 10.3. The van der Waals surface area contributed by atoms with Crippen molar-refractivity contribution in [3.63, 3.8) is 0 Å². The molecular weight excluding hydrogens is 204 g/mol. The van der Waals surface area contributed by atoms with Crippen molar-refractivity contribution >= 4 is 11.2 Å². The van der Waals surface area contributed by atoms with Crippen molar-refractivity contribution in [1.29, 1.82) is 0 Å². The quantitative estimate of drug-likeness (QED) is 0.711. The minimum Gasteiger partial charge on any atom is -0.165 e. The Hall–Kier alpha value is -0.470. The molecule has 0 radical (unpaired) electrons. The van der Waals surface area contributed by atoms with Gasteiger partial charge in [-0.2, -0.15) is 4.18 Å². The Morgan fingerprint density at radius 1 is 1.07 bits per heavy atom. The smallest absolute Gasteiger partial charge is 0.165 e. The second kappa shape index (κ2) is 5.04. The van der Waals surface area contributed by atoms with E-state index in [-0.39, 0.29) is 22.0 Å². The average Bonchev–Trinajstić information content (AvgIpc) is 2.14. The predicted molar refractivity (Wildman–Crippen MR) is 68.0 cm³/mol. The van der Waals surface area contributed by atoms with E-state index in [9.17, 15) is 0 Å². The third-order valence-electron chi connectivity index (χ3n) is 1.80. The monoisotopic (exact) mass is 225 g/mol. The summed E-state index contributed by atoms with van der Waals surface area (Å²) in [4.78, 5) is 1.29. The Kier molecular flexibility index (Phi) is 4.23. The molecule has 0 amide bonds. The molecule has 0 aliphatic rings. The molecule has 84 valence electrons. The normalized spacial score (nSPS) is 14.3. The van der Waals surface area contributed by atoms with Crippen molar-refractivity contribution < 1.29 is 4.18 Å². The van der Waals surface area contributed by atoms with Crippen LogP contribution in [0.1, 0.15) is 34.6 Å². The number of rotatable bonds is 3. The summed E-state index contributed by atoms with van der Waals surface area (Å²) in [5.74, 6) is 0. The third-order valence-corrected chi connectivity index (χ3v) is 4.19. The molecule has 1 rings (SSSR count). The Bertz CT molecular complexity index is 287. The zero-order valence-electron chi connectivity index (χ0n) is 10.3. The van der Waals surface area contributed by atoms with Crippen LogP contribution < -0.4 is 0 Å². The van der Waals surface area contributed by atoms with Crippen LogP contribution in [0, 0.1) is 0 Å². The van der Waals surface area contributed by atoms with E-state index in [0.29, 0.717) is 0 Å². The molecule has 1 nitrogen and oxygen atoms in total. The molecule has 15 heavy (non-hydrogen) atoms. The van der Waals surface area contributed by atoms with Crippen LogP contribution in [-0.4, -0.2) is 10.9 Å². The highest BCUT2D eigenvalue weighted by molar-refractivity contribution is 7.93. The lowest BCUT2D eigenvalue weighted by Gasteiger charge is -2.20. The molecule has 0 heterocycles. The first-order chi connectivity index (χ1) is 6.91. The van der Waals surface area contributed by atoms with E-state index in [1.165, 1.54) is 4.90 Å². The highest BCUT2D eigenvalue weighted by Gasteiger charge is 2.40. The molecule has 2 heteroatoms. The van der Waals surface area contributed by atoms with Gasteiger partial charge in [-0.15, -0.1) is 0 Å². The summed E-state index contributed by atoms with van der Waals surface area (Å²) in [6.07, 6.45) is 0.271. The van der Waals surface area contributed by atoms with Crippen LogP contribution in [0.25, 0.3) is 0 Å². The number of hydrogen-bond acceptors (Lipinski definition) is 1. The molecule has 0 bridgehead atoms. The standard InChI is InChI=1S/C13H21OS/c1-11(2)14-15(13(3,4)5)12-9-7-6-8-10-12/h6-11H,1-5H3/q+1. The molecular formula is C13H21OS+. The molecule has 0 spiro atoms. The van der Waals surface area contributed by atoms with Gasteiger partial charge in [-0.25, -0.2) is 0 Å². The SMILES string of the molecule is CC(C)O[S+](c1ccccc1)C(C)(C)C. The van der Waals surface area contributed by atoms with Crippen LogP contribution in [0.4, 0.5) is 0 Å². The van der Waals surface area contributed by atoms with Gasteiger partial charge < -0.3 is 0 Å². The van der Waals surface area contributed by atoms with Crippen molar-refractivity contribution in [2.24, 2.45) is 0 Å². The minimum atomic E-state index is -0.135. The van der Waals surface area contributed by atoms with E-state index >= 15 is 0 Å². The lowest BCUT2D eigenvalue weighted by molar-refractivity contribution is 0.271. The van der Waals surface area contributed by atoms with E-state index in [2.05, 4.69) is 58.9 Å². The molecule has 1 atom stereocenters. The maximum absolute atomic E-state index is 6.03. The van der Waals surface area contributed by atoms with Gasteiger partial charge in [0.05, 0.1) is 0 Å². The van der Waals surface area contributed by atoms with Gasteiger partial charge in [0.2, 0.25) is 0 Å². The third kappa shape index (κ3) is 3.88. The average molecular weight is 225 g/mol. The Labute approximate surface area is 96.4 Å². The fourth-order valence-corrected chi connectivity index (χ4v) is 3.19. The largest absolute Gasteiger partial charge is 0.190 e. The molecule has 1 unspecified atom stereocenters. The molecule has 0 N–H and O–H groups in total. The molecule has 1 aromatic rings. The van der Waals surface area contributed by atoms with Crippen molar-refractivity contribution in [3.8, 4) is 0 Å². The first-order valence-corrected chi connectivity index (χ1v) is 6.53. The molecule has 1 aromatic carbocycles. The Morgan fingerprint density at radius 3 is 2.00 bits per heavy atom. The predicted octanol–water partition coefficient (Wildman–Crippen LogP) is 3.80. The summed E-state index contributed by atoms with van der Waals surface area (Å²) in [7, 11) is 0. The van der Waals surface area contributed by atoms with Crippen molar-refractivity contribution in [3.05, 3.63) is 30.3 Å². The summed E-state index contributed by atoms with van der Waals surface area (Å²) in [6, 6.07) is 10.5. The zero-order chi connectivity index (χ0) is 11.5. The van der Waals surface area contributed by atoms with Crippen molar-refractivity contribution in [1.82, 2.24) is 0 Å². The molecule has 0 aromatic heterocycles. The summed E-state index contributed by atoms with van der Waals surface area (Å²) in [5, 5.41) is 0. The summed E-state index contributed by atoms with van der Waals surface area (Å²) in [5.41, 5.74) is 0. The second-order valence-electron chi connectivity index (χ2n) is 4.84. The van der Waals surface area contributed by atoms with Crippen LogP contribution in [0.2, 0.25) is 0 Å². The van der Waals surface area contributed by atoms with Gasteiger partial charge in [0.25, 0.3) is 0 Å². The topological polar surface area (TPSA) is 9.23 Å². The van der Waals surface area contributed by atoms with E-state index in [4.69, 9.17) is 4.18 Å². The maximum atomic E-state index is 6.03. The minimum absolute atomic E-state index is 0.135. The second-order valence-corrected chi connectivity index (χ2v) is 7.27. The molecule has 0 aliphatic heterocycles. The molecule has 0 aliphatic carbocycles. The molecule has 0 fully saturated rings. The summed E-state index contributed by atoms with van der Waals surface area (Å²) >= 11 is -0.135. The van der Waals surface area contributed by atoms with Gasteiger partial charge >= 0.3 is 0 Å². The molecule has 0 saturated heterocycles. The van der Waals surface area contributed by atoms with E-state index in [1.54, 1.807) is 0 Å². The van der Waals surface area contributed by atoms with Crippen LogP contribution in [-0.2, 0) is 15.4 Å². The van der Waals surface area contributed by atoms with Gasteiger partial charge in [0.1, 0.15) is 6.10 Å². The molecule has 0 saturated carbocycles. The van der Waals surface area contributed by atoms with E-state index < -0.39 is 0 Å². The first kappa shape index (κ1) is 12.6. The zero-order valence-corrected chi connectivity index (χ0v) is 11.1. The fraction of sp³-hybridized carbons (Fsp3) is 0.538. The van der Waals surface area contributed by atoms with Crippen LogP contribution >= 0.6 is 0 Å². The van der Waals surface area contributed by atoms with Crippen LogP contribution in [0.5, 0.6) is 0 Å². The fourth-order valence-electron chi connectivity index (χ4n) is 1.29. The van der Waals surface area contributed by atoms with Crippen molar-refractivity contribution in [2.45, 2.75) is 50.4 Å². The van der Waals surface area contributed by atoms with Gasteiger partial charge in [-0.3, -0.25) is 0 Å². The Morgan fingerprint density at radius 2 is 1.60 bits per heavy atom. The van der Waals surface area contributed by atoms with Gasteiger partial charge in [0.15, 0.2) is 20.8 Å². The van der Waals surface area contributed by atoms with Crippen molar-refractivity contribution in [2.75, 3.05) is 0 Å². The summed E-state index contributed by atoms with van der Waals surface area (Å²) < 4.78 is 6.19.